The fourth-order valence-electron chi connectivity index (χ4n) is 3.71. The van der Waals surface area contributed by atoms with Crippen molar-refractivity contribution < 1.29 is 9.59 Å². The van der Waals surface area contributed by atoms with Crippen LogP contribution in [-0.2, 0) is 24.2 Å². The molecule has 28 heavy (non-hydrogen) atoms. The Morgan fingerprint density at radius 2 is 1.79 bits per heavy atom. The van der Waals surface area contributed by atoms with Gasteiger partial charge in [-0.1, -0.05) is 24.3 Å². The predicted octanol–water partition coefficient (Wildman–Crippen LogP) is 2.68. The molecule has 1 aliphatic rings. The largest absolute Gasteiger partial charge is 0.359 e. The van der Waals surface area contributed by atoms with E-state index in [1.807, 2.05) is 24.1 Å². The molecule has 0 bridgehead atoms. The van der Waals surface area contributed by atoms with Crippen molar-refractivity contribution >= 4 is 11.8 Å². The molecule has 0 radical (unpaired) electrons. The number of carbonyl (C=O) groups is 2. The zero-order chi connectivity index (χ0) is 19.9. The number of piperidine rings is 1. The highest BCUT2D eigenvalue weighted by Gasteiger charge is 2.25. The van der Waals surface area contributed by atoms with Gasteiger partial charge in [0.1, 0.15) is 5.69 Å². The van der Waals surface area contributed by atoms with E-state index in [1.54, 1.807) is 11.7 Å². The van der Waals surface area contributed by atoms with E-state index in [2.05, 4.69) is 34.7 Å². The van der Waals surface area contributed by atoms with E-state index in [-0.39, 0.29) is 11.8 Å². The molecule has 3 rings (SSSR count). The number of rotatable bonds is 7. The third-order valence-electron chi connectivity index (χ3n) is 5.55. The van der Waals surface area contributed by atoms with Gasteiger partial charge >= 0.3 is 0 Å². The monoisotopic (exact) mass is 382 g/mol. The maximum Gasteiger partial charge on any atom is 0.274 e. The highest BCUT2D eigenvalue weighted by molar-refractivity contribution is 5.92. The zero-order valence-corrected chi connectivity index (χ0v) is 16.9. The van der Waals surface area contributed by atoms with Crippen molar-refractivity contribution in [1.82, 2.24) is 20.0 Å². The highest BCUT2D eigenvalue weighted by Crippen LogP contribution is 2.23. The number of carbonyl (C=O) groups excluding carboxylic acids is 2. The number of aromatic nitrogens is 2. The molecule has 1 aliphatic heterocycles. The number of nitrogens with one attached hydrogen (secondary N) is 1. The summed E-state index contributed by atoms with van der Waals surface area (Å²) >= 11 is 0. The first-order chi connectivity index (χ1) is 13.6. The van der Waals surface area contributed by atoms with Gasteiger partial charge in [-0.25, -0.2) is 0 Å². The Morgan fingerprint density at radius 1 is 1.11 bits per heavy atom. The second kappa shape index (κ2) is 9.53. The summed E-state index contributed by atoms with van der Waals surface area (Å²) in [4.78, 5) is 25.9. The summed E-state index contributed by atoms with van der Waals surface area (Å²) in [5, 5.41) is 6.99. The molecule has 6 heteroatoms. The molecule has 2 aromatic rings. The average molecular weight is 383 g/mol. The topological polar surface area (TPSA) is 67.2 Å². The van der Waals surface area contributed by atoms with E-state index >= 15 is 0 Å². The Labute approximate surface area is 166 Å². The Hall–Kier alpha value is -2.63. The lowest BCUT2D eigenvalue weighted by Gasteiger charge is -2.31. The normalized spacial score (nSPS) is 14.9. The Bertz CT molecular complexity index is 789. The van der Waals surface area contributed by atoms with Crippen molar-refractivity contribution in [3.63, 3.8) is 0 Å². The van der Waals surface area contributed by atoms with Crippen LogP contribution in [0.4, 0.5) is 0 Å². The number of hydrogen-bond donors (Lipinski definition) is 1. The SMILES string of the molecule is CCn1ccc(C(=O)N2CCC(Cc3ccc(CCC(=O)NC)cc3)CC2)n1. The van der Waals surface area contributed by atoms with Gasteiger partial charge in [0, 0.05) is 39.3 Å². The molecular weight excluding hydrogens is 352 g/mol. The first-order valence-corrected chi connectivity index (χ1v) is 10.2. The summed E-state index contributed by atoms with van der Waals surface area (Å²) in [6, 6.07) is 10.4. The van der Waals surface area contributed by atoms with Crippen LogP contribution in [0.2, 0.25) is 0 Å². The van der Waals surface area contributed by atoms with Crippen molar-refractivity contribution in [2.45, 2.75) is 45.6 Å². The molecule has 0 atom stereocenters. The van der Waals surface area contributed by atoms with Gasteiger partial charge in [-0.05, 0) is 55.7 Å². The molecule has 0 aliphatic carbocycles. The van der Waals surface area contributed by atoms with Crippen molar-refractivity contribution in [1.29, 1.82) is 0 Å². The molecular formula is C22H30N4O2. The van der Waals surface area contributed by atoms with Crippen LogP contribution < -0.4 is 5.32 Å². The molecule has 1 aromatic carbocycles. The third kappa shape index (κ3) is 5.21. The summed E-state index contributed by atoms with van der Waals surface area (Å²) in [6.45, 7) is 4.39. The Morgan fingerprint density at radius 3 is 2.39 bits per heavy atom. The van der Waals surface area contributed by atoms with Crippen LogP contribution in [0, 0.1) is 5.92 Å². The van der Waals surface area contributed by atoms with Crippen molar-refractivity contribution in [3.8, 4) is 0 Å². The van der Waals surface area contributed by atoms with Crippen molar-refractivity contribution in [2.75, 3.05) is 20.1 Å². The second-order valence-electron chi connectivity index (χ2n) is 7.49. The maximum atomic E-state index is 12.6. The van der Waals surface area contributed by atoms with E-state index in [0.29, 0.717) is 18.0 Å². The number of amides is 2. The average Bonchev–Trinajstić information content (AvgIpc) is 3.22. The lowest BCUT2D eigenvalue weighted by atomic mass is 9.89. The minimum atomic E-state index is 0.0473. The van der Waals surface area contributed by atoms with E-state index in [1.165, 1.54) is 11.1 Å². The fraction of sp³-hybridized carbons (Fsp3) is 0.500. The minimum absolute atomic E-state index is 0.0473. The van der Waals surface area contributed by atoms with Crippen LogP contribution in [0.15, 0.2) is 36.5 Å². The molecule has 0 spiro atoms. The number of aryl methyl sites for hydroxylation is 2. The van der Waals surface area contributed by atoms with Crippen LogP contribution in [0.3, 0.4) is 0 Å². The molecule has 2 heterocycles. The fourth-order valence-corrected chi connectivity index (χ4v) is 3.71. The van der Waals surface area contributed by atoms with Gasteiger partial charge in [0.25, 0.3) is 5.91 Å². The van der Waals surface area contributed by atoms with Crippen molar-refractivity contribution in [3.05, 3.63) is 53.3 Å². The van der Waals surface area contributed by atoms with E-state index in [9.17, 15) is 9.59 Å². The Balaban J connectivity index is 1.46. The number of likely N-dealkylation sites (tertiary alicyclic amines) is 1. The van der Waals surface area contributed by atoms with E-state index < -0.39 is 0 Å². The van der Waals surface area contributed by atoms with Gasteiger partial charge in [0.15, 0.2) is 0 Å². The quantitative estimate of drug-likeness (QED) is 0.801. The summed E-state index contributed by atoms with van der Waals surface area (Å²) in [5.41, 5.74) is 3.07. The van der Waals surface area contributed by atoms with E-state index in [4.69, 9.17) is 0 Å². The second-order valence-corrected chi connectivity index (χ2v) is 7.49. The van der Waals surface area contributed by atoms with Crippen LogP contribution in [0.5, 0.6) is 0 Å². The van der Waals surface area contributed by atoms with Gasteiger partial charge in [-0.15, -0.1) is 0 Å². The molecule has 6 nitrogen and oxygen atoms in total. The third-order valence-corrected chi connectivity index (χ3v) is 5.55. The highest BCUT2D eigenvalue weighted by atomic mass is 16.2. The van der Waals surface area contributed by atoms with Gasteiger partial charge in [0.2, 0.25) is 5.91 Å². The summed E-state index contributed by atoms with van der Waals surface area (Å²) < 4.78 is 1.79. The molecule has 1 aromatic heterocycles. The van der Waals surface area contributed by atoms with Crippen molar-refractivity contribution in [2.24, 2.45) is 5.92 Å². The summed E-state index contributed by atoms with van der Waals surface area (Å²) in [6.07, 6.45) is 6.25. The minimum Gasteiger partial charge on any atom is -0.359 e. The lowest BCUT2D eigenvalue weighted by molar-refractivity contribution is -0.120. The predicted molar refractivity (Wildman–Crippen MR) is 109 cm³/mol. The molecule has 1 saturated heterocycles. The van der Waals surface area contributed by atoms with Crippen LogP contribution >= 0.6 is 0 Å². The summed E-state index contributed by atoms with van der Waals surface area (Å²) in [7, 11) is 1.67. The molecule has 1 N–H and O–H groups in total. The smallest absolute Gasteiger partial charge is 0.274 e. The number of benzene rings is 1. The van der Waals surface area contributed by atoms with Crippen LogP contribution in [0.1, 0.15) is 47.8 Å². The van der Waals surface area contributed by atoms with Crippen LogP contribution in [-0.4, -0.2) is 46.6 Å². The van der Waals surface area contributed by atoms with Gasteiger partial charge in [-0.3, -0.25) is 14.3 Å². The molecule has 0 unspecified atom stereocenters. The number of nitrogens with zero attached hydrogens (tertiary/aromatic N) is 3. The van der Waals surface area contributed by atoms with Gasteiger partial charge in [-0.2, -0.15) is 5.10 Å². The zero-order valence-electron chi connectivity index (χ0n) is 16.9. The maximum absolute atomic E-state index is 12.6. The molecule has 0 saturated carbocycles. The van der Waals surface area contributed by atoms with Crippen LogP contribution in [0.25, 0.3) is 0 Å². The molecule has 150 valence electrons. The molecule has 1 fully saturated rings. The van der Waals surface area contributed by atoms with E-state index in [0.717, 1.165) is 45.3 Å². The van der Waals surface area contributed by atoms with Gasteiger partial charge < -0.3 is 10.2 Å². The Kier molecular flexibility index (Phi) is 6.85. The first kappa shape index (κ1) is 20.1. The summed E-state index contributed by atoms with van der Waals surface area (Å²) in [5.74, 6) is 0.729. The number of hydrogen-bond acceptors (Lipinski definition) is 3. The van der Waals surface area contributed by atoms with Gasteiger partial charge in [0.05, 0.1) is 0 Å². The lowest BCUT2D eigenvalue weighted by Crippen LogP contribution is -2.39. The molecule has 2 amide bonds. The standard InChI is InChI=1S/C22H30N4O2/c1-3-26-15-12-20(24-26)22(28)25-13-10-19(11-14-25)16-18-6-4-17(5-7-18)8-9-21(27)23-2/h4-7,12,15,19H,3,8-11,13-14,16H2,1-2H3,(H,23,27). The first-order valence-electron chi connectivity index (χ1n) is 10.2.